The Kier molecular flexibility index (Phi) is 3.85. The molecule has 0 aromatic carbocycles. The van der Waals surface area contributed by atoms with E-state index in [-0.39, 0.29) is 12.5 Å². The third kappa shape index (κ3) is 2.73. The van der Waals surface area contributed by atoms with Gasteiger partial charge in [-0.05, 0) is 30.5 Å². The van der Waals surface area contributed by atoms with Gasteiger partial charge in [-0.1, -0.05) is 12.1 Å². The molecule has 1 aliphatic rings. The summed E-state index contributed by atoms with van der Waals surface area (Å²) in [5.41, 5.74) is 0.439. The summed E-state index contributed by atoms with van der Waals surface area (Å²) in [5.74, 6) is -0.257. The summed E-state index contributed by atoms with van der Waals surface area (Å²) in [6, 6.07) is 8.95. The van der Waals surface area contributed by atoms with Gasteiger partial charge in [-0.15, -0.1) is 22.7 Å². The van der Waals surface area contributed by atoms with Gasteiger partial charge in [0.15, 0.2) is 5.54 Å². The molecule has 1 atom stereocenters. The van der Waals surface area contributed by atoms with E-state index in [1.165, 1.54) is 27.6 Å². The highest BCUT2D eigenvalue weighted by Gasteiger charge is 2.49. The number of urea groups is 1. The van der Waals surface area contributed by atoms with Crippen molar-refractivity contribution in [2.24, 2.45) is 0 Å². The van der Waals surface area contributed by atoms with Crippen LogP contribution in [-0.2, 0) is 16.9 Å². The van der Waals surface area contributed by atoms with Crippen LogP contribution in [0, 0.1) is 0 Å². The molecule has 0 saturated carbocycles. The Bertz CT molecular complexity index is 923. The van der Waals surface area contributed by atoms with Crippen molar-refractivity contribution in [1.82, 2.24) is 20.2 Å². The summed E-state index contributed by atoms with van der Waals surface area (Å²) in [4.78, 5) is 36.0. The van der Waals surface area contributed by atoms with Crippen LogP contribution in [0.5, 0.6) is 0 Å². The number of hydrogen-bond acceptors (Lipinski definition) is 6. The number of amides is 3. The van der Waals surface area contributed by atoms with Crippen LogP contribution in [0.25, 0.3) is 10.7 Å². The quantitative estimate of drug-likeness (QED) is 0.716. The average molecular weight is 370 g/mol. The zero-order valence-electron chi connectivity index (χ0n) is 13.3. The van der Waals surface area contributed by atoms with Crippen molar-refractivity contribution in [3.8, 4) is 10.7 Å². The molecule has 8 heteroatoms. The van der Waals surface area contributed by atoms with Crippen molar-refractivity contribution in [3.05, 3.63) is 57.9 Å². The lowest BCUT2D eigenvalue weighted by molar-refractivity contribution is -0.131. The topological polar surface area (TPSA) is 75.2 Å². The molecule has 1 fully saturated rings. The predicted octanol–water partition coefficient (Wildman–Crippen LogP) is 3.23. The molecule has 1 saturated heterocycles. The first kappa shape index (κ1) is 15.9. The van der Waals surface area contributed by atoms with Crippen molar-refractivity contribution in [3.63, 3.8) is 0 Å². The molecule has 4 heterocycles. The Hall–Kier alpha value is -2.58. The molecule has 1 aliphatic heterocycles. The fourth-order valence-electron chi connectivity index (χ4n) is 2.72. The summed E-state index contributed by atoms with van der Waals surface area (Å²) in [7, 11) is 0. The lowest BCUT2D eigenvalue weighted by Gasteiger charge is -2.19. The maximum absolute atomic E-state index is 12.8. The van der Waals surface area contributed by atoms with Crippen LogP contribution in [0.1, 0.15) is 17.5 Å². The summed E-state index contributed by atoms with van der Waals surface area (Å²) >= 11 is 2.90. The van der Waals surface area contributed by atoms with Gasteiger partial charge in [-0.25, -0.2) is 9.78 Å². The van der Waals surface area contributed by atoms with Gasteiger partial charge in [0, 0.05) is 16.5 Å². The standard InChI is InChI=1S/C17H14N4O2S2/c1-17(13-6-4-8-24-13)15(22)21(16(23)20-17)9-11-10-25-14(19-11)12-5-2-3-7-18-12/h2-8,10H,9H2,1H3,(H,20,23). The molecule has 1 unspecified atom stereocenters. The SMILES string of the molecule is CC1(c2cccs2)NC(=O)N(Cc2csc(-c3ccccn3)n2)C1=O. The van der Waals surface area contributed by atoms with E-state index in [2.05, 4.69) is 15.3 Å². The van der Waals surface area contributed by atoms with Gasteiger partial charge in [-0.3, -0.25) is 14.7 Å². The molecule has 3 aromatic rings. The highest BCUT2D eigenvalue weighted by atomic mass is 32.1. The Morgan fingerprint density at radius 1 is 1.20 bits per heavy atom. The van der Waals surface area contributed by atoms with Crippen molar-refractivity contribution >= 4 is 34.6 Å². The van der Waals surface area contributed by atoms with Gasteiger partial charge in [-0.2, -0.15) is 0 Å². The van der Waals surface area contributed by atoms with E-state index in [1.807, 2.05) is 41.1 Å². The highest BCUT2D eigenvalue weighted by molar-refractivity contribution is 7.13. The Balaban J connectivity index is 1.56. The summed E-state index contributed by atoms with van der Waals surface area (Å²) in [6.45, 7) is 1.88. The van der Waals surface area contributed by atoms with E-state index in [0.717, 1.165) is 15.6 Å². The number of thiophene rings is 1. The van der Waals surface area contributed by atoms with Gasteiger partial charge in [0.1, 0.15) is 5.01 Å². The van der Waals surface area contributed by atoms with E-state index in [4.69, 9.17) is 0 Å². The third-order valence-electron chi connectivity index (χ3n) is 4.04. The fraction of sp³-hybridized carbons (Fsp3) is 0.176. The Labute approximate surface area is 152 Å². The number of carbonyl (C=O) groups excluding carboxylic acids is 2. The number of carbonyl (C=O) groups is 2. The van der Waals surface area contributed by atoms with E-state index in [1.54, 1.807) is 13.1 Å². The first-order valence-corrected chi connectivity index (χ1v) is 9.38. The molecule has 0 bridgehead atoms. The summed E-state index contributed by atoms with van der Waals surface area (Å²) in [5, 5.41) is 7.31. The van der Waals surface area contributed by atoms with E-state index >= 15 is 0 Å². The van der Waals surface area contributed by atoms with Gasteiger partial charge < -0.3 is 5.32 Å². The van der Waals surface area contributed by atoms with Crippen LogP contribution in [0.15, 0.2) is 47.3 Å². The monoisotopic (exact) mass is 370 g/mol. The molecule has 126 valence electrons. The van der Waals surface area contributed by atoms with Crippen molar-refractivity contribution in [2.45, 2.75) is 19.0 Å². The lowest BCUT2D eigenvalue weighted by atomic mass is 10.0. The van der Waals surface area contributed by atoms with Crippen LogP contribution < -0.4 is 5.32 Å². The summed E-state index contributed by atoms with van der Waals surface area (Å²) < 4.78 is 0. The lowest BCUT2D eigenvalue weighted by Crippen LogP contribution is -2.40. The van der Waals surface area contributed by atoms with Gasteiger partial charge >= 0.3 is 6.03 Å². The van der Waals surface area contributed by atoms with E-state index in [0.29, 0.717) is 5.69 Å². The molecule has 25 heavy (non-hydrogen) atoms. The van der Waals surface area contributed by atoms with Crippen molar-refractivity contribution < 1.29 is 9.59 Å². The number of pyridine rings is 1. The Morgan fingerprint density at radius 2 is 2.08 bits per heavy atom. The fourth-order valence-corrected chi connectivity index (χ4v) is 4.34. The van der Waals surface area contributed by atoms with Gasteiger partial charge in [0.25, 0.3) is 5.91 Å². The largest absolute Gasteiger partial charge is 0.325 e. The Morgan fingerprint density at radius 3 is 2.80 bits per heavy atom. The number of nitrogens with one attached hydrogen (secondary N) is 1. The molecule has 6 nitrogen and oxygen atoms in total. The molecule has 3 aromatic heterocycles. The van der Waals surface area contributed by atoms with Crippen LogP contribution in [0.3, 0.4) is 0 Å². The molecular formula is C17H14N4O2S2. The second-order valence-electron chi connectivity index (χ2n) is 5.78. The van der Waals surface area contributed by atoms with Crippen LogP contribution in [0.2, 0.25) is 0 Å². The number of aromatic nitrogens is 2. The minimum Gasteiger partial charge on any atom is -0.319 e. The number of hydrogen-bond donors (Lipinski definition) is 1. The second-order valence-corrected chi connectivity index (χ2v) is 7.59. The number of nitrogens with zero attached hydrogens (tertiary/aromatic N) is 3. The molecule has 0 radical (unpaired) electrons. The van der Waals surface area contributed by atoms with Crippen LogP contribution in [0.4, 0.5) is 4.79 Å². The highest BCUT2D eigenvalue weighted by Crippen LogP contribution is 2.33. The minimum atomic E-state index is -1.01. The number of rotatable bonds is 4. The molecule has 3 amide bonds. The third-order valence-corrected chi connectivity index (χ3v) is 6.05. The van der Waals surface area contributed by atoms with Crippen molar-refractivity contribution in [1.29, 1.82) is 0 Å². The molecular weight excluding hydrogens is 356 g/mol. The van der Waals surface area contributed by atoms with Gasteiger partial charge in [0.05, 0.1) is 17.9 Å². The summed E-state index contributed by atoms with van der Waals surface area (Å²) in [6.07, 6.45) is 1.71. The first-order chi connectivity index (χ1) is 12.1. The first-order valence-electron chi connectivity index (χ1n) is 7.62. The van der Waals surface area contributed by atoms with Gasteiger partial charge in [0.2, 0.25) is 0 Å². The zero-order chi connectivity index (χ0) is 17.4. The average Bonchev–Trinajstić information content (AvgIpc) is 3.34. The minimum absolute atomic E-state index is 0.148. The number of thiazole rings is 1. The van der Waals surface area contributed by atoms with E-state index < -0.39 is 11.6 Å². The normalized spacial score (nSPS) is 20.1. The molecule has 0 aliphatic carbocycles. The second kappa shape index (κ2) is 6.05. The zero-order valence-corrected chi connectivity index (χ0v) is 14.9. The van der Waals surface area contributed by atoms with E-state index in [9.17, 15) is 9.59 Å². The molecule has 1 N–H and O–H groups in total. The van der Waals surface area contributed by atoms with Crippen LogP contribution in [-0.4, -0.2) is 26.8 Å². The predicted molar refractivity (Wildman–Crippen MR) is 96.1 cm³/mol. The molecule has 0 spiro atoms. The smallest absolute Gasteiger partial charge is 0.319 e. The van der Waals surface area contributed by atoms with Crippen LogP contribution >= 0.6 is 22.7 Å². The van der Waals surface area contributed by atoms with Crippen molar-refractivity contribution in [2.75, 3.05) is 0 Å². The maximum Gasteiger partial charge on any atom is 0.325 e. The maximum atomic E-state index is 12.8. The molecule has 4 rings (SSSR count). The number of imide groups is 1.